The fourth-order valence-corrected chi connectivity index (χ4v) is 3.24. The zero-order valence-corrected chi connectivity index (χ0v) is 13.0. The molecule has 0 spiro atoms. The number of methoxy groups -OCH3 is 1. The van der Waals surface area contributed by atoms with Gasteiger partial charge in [-0.3, -0.25) is 0 Å². The van der Waals surface area contributed by atoms with E-state index in [-0.39, 0.29) is 0 Å². The van der Waals surface area contributed by atoms with Gasteiger partial charge in [0.1, 0.15) is 11.3 Å². The summed E-state index contributed by atoms with van der Waals surface area (Å²) in [5.41, 5.74) is 3.11. The van der Waals surface area contributed by atoms with Crippen molar-refractivity contribution in [1.29, 1.82) is 0 Å². The molecule has 0 radical (unpaired) electrons. The van der Waals surface area contributed by atoms with E-state index in [4.69, 9.17) is 4.74 Å². The van der Waals surface area contributed by atoms with E-state index in [0.717, 1.165) is 34.6 Å². The van der Waals surface area contributed by atoms with Crippen LogP contribution >= 0.6 is 11.8 Å². The minimum Gasteiger partial charge on any atom is -0.494 e. The van der Waals surface area contributed by atoms with Crippen molar-refractivity contribution < 1.29 is 4.74 Å². The number of aryl methyl sites for hydroxylation is 1. The molecule has 0 amide bonds. The summed E-state index contributed by atoms with van der Waals surface area (Å²) in [7, 11) is 1.69. The summed E-state index contributed by atoms with van der Waals surface area (Å²) < 4.78 is 5.87. The van der Waals surface area contributed by atoms with Crippen molar-refractivity contribution in [2.45, 2.75) is 24.5 Å². The van der Waals surface area contributed by atoms with E-state index in [1.165, 1.54) is 12.8 Å². The number of benzene rings is 1. The van der Waals surface area contributed by atoms with Crippen LogP contribution < -0.4 is 10.1 Å². The Morgan fingerprint density at radius 1 is 1.40 bits per heavy atom. The number of nitrogens with zero attached hydrogens (tertiary/aromatic N) is 1. The second kappa shape index (κ2) is 5.17. The summed E-state index contributed by atoms with van der Waals surface area (Å²) >= 11 is 1.97. The molecule has 106 valence electrons. The molecule has 1 aliphatic rings. The first kappa shape index (κ1) is 13.6. The van der Waals surface area contributed by atoms with Gasteiger partial charge in [0.2, 0.25) is 0 Å². The molecule has 1 aromatic carbocycles. The number of hydrogen-bond acceptors (Lipinski definition) is 4. The highest BCUT2D eigenvalue weighted by Crippen LogP contribution is 2.47. The SMILES string of the molecule is COc1cccc2c(NCC3(SC)CC3)cc(C)nc12. The summed E-state index contributed by atoms with van der Waals surface area (Å²) in [4.78, 5) is 4.62. The fourth-order valence-electron chi connectivity index (χ4n) is 2.51. The third kappa shape index (κ3) is 2.44. The molecule has 1 heterocycles. The van der Waals surface area contributed by atoms with E-state index in [2.05, 4.69) is 28.7 Å². The van der Waals surface area contributed by atoms with Crippen LogP contribution in [0.5, 0.6) is 5.75 Å². The molecule has 0 unspecified atom stereocenters. The molecule has 0 atom stereocenters. The summed E-state index contributed by atoms with van der Waals surface area (Å²) in [5.74, 6) is 0.834. The number of para-hydroxylation sites is 1. The molecule has 3 nitrogen and oxygen atoms in total. The van der Waals surface area contributed by atoms with Gasteiger partial charge in [-0.15, -0.1) is 0 Å². The Hall–Kier alpha value is -1.42. The second-order valence-electron chi connectivity index (χ2n) is 5.41. The van der Waals surface area contributed by atoms with E-state index < -0.39 is 0 Å². The Kier molecular flexibility index (Phi) is 3.50. The summed E-state index contributed by atoms with van der Waals surface area (Å²) in [6.45, 7) is 3.04. The summed E-state index contributed by atoms with van der Waals surface area (Å²) in [6, 6.07) is 8.21. The largest absolute Gasteiger partial charge is 0.494 e. The first-order valence-corrected chi connectivity index (χ1v) is 8.13. The predicted octanol–water partition coefficient (Wildman–Crippen LogP) is 3.86. The standard InChI is InChI=1S/C16H20N2OS/c1-11-9-13(17-10-16(20-3)7-8-16)12-5-4-6-14(19-2)15(12)18-11/h4-6,9H,7-8,10H2,1-3H3,(H,17,18). The molecule has 0 bridgehead atoms. The van der Waals surface area contributed by atoms with E-state index in [9.17, 15) is 0 Å². The predicted molar refractivity (Wildman–Crippen MR) is 87.0 cm³/mol. The topological polar surface area (TPSA) is 34.1 Å². The molecular formula is C16H20N2OS. The Balaban J connectivity index is 1.97. The molecule has 1 saturated carbocycles. The number of anilines is 1. The van der Waals surface area contributed by atoms with Crippen molar-refractivity contribution in [2.24, 2.45) is 0 Å². The lowest BCUT2D eigenvalue weighted by Gasteiger charge is -2.16. The third-order valence-electron chi connectivity index (χ3n) is 3.99. The van der Waals surface area contributed by atoms with Crippen LogP contribution in [0, 0.1) is 6.92 Å². The number of nitrogens with one attached hydrogen (secondary N) is 1. The maximum atomic E-state index is 5.42. The summed E-state index contributed by atoms with van der Waals surface area (Å²) in [5, 5.41) is 4.75. The van der Waals surface area contributed by atoms with Gasteiger partial charge >= 0.3 is 0 Å². The van der Waals surface area contributed by atoms with E-state index >= 15 is 0 Å². The smallest absolute Gasteiger partial charge is 0.145 e. The highest BCUT2D eigenvalue weighted by molar-refractivity contribution is 8.00. The van der Waals surface area contributed by atoms with E-state index in [0.29, 0.717) is 4.75 Å². The van der Waals surface area contributed by atoms with Crippen molar-refractivity contribution in [2.75, 3.05) is 25.2 Å². The van der Waals surface area contributed by atoms with Crippen molar-refractivity contribution in [3.63, 3.8) is 0 Å². The van der Waals surface area contributed by atoms with Crippen LogP contribution in [0.4, 0.5) is 5.69 Å². The summed E-state index contributed by atoms with van der Waals surface area (Å²) in [6.07, 6.45) is 4.83. The van der Waals surface area contributed by atoms with Crippen LogP contribution in [0.15, 0.2) is 24.3 Å². The molecular weight excluding hydrogens is 268 g/mol. The molecule has 1 aromatic heterocycles. The molecule has 1 fully saturated rings. The monoisotopic (exact) mass is 288 g/mol. The third-order valence-corrected chi connectivity index (χ3v) is 5.41. The highest BCUT2D eigenvalue weighted by Gasteiger charge is 2.41. The van der Waals surface area contributed by atoms with Crippen LogP contribution in [0.1, 0.15) is 18.5 Å². The Bertz CT molecular complexity index is 638. The van der Waals surface area contributed by atoms with Gasteiger partial charge in [0, 0.05) is 28.1 Å². The molecule has 1 aliphatic carbocycles. The van der Waals surface area contributed by atoms with Gasteiger partial charge in [0.15, 0.2) is 0 Å². The Labute approximate surface area is 124 Å². The van der Waals surface area contributed by atoms with Crippen molar-refractivity contribution in [3.05, 3.63) is 30.0 Å². The van der Waals surface area contributed by atoms with Crippen molar-refractivity contribution in [3.8, 4) is 5.75 Å². The number of rotatable bonds is 5. The lowest BCUT2D eigenvalue weighted by atomic mass is 10.1. The van der Waals surface area contributed by atoms with Gasteiger partial charge in [-0.05, 0) is 38.2 Å². The molecule has 0 aliphatic heterocycles. The number of pyridine rings is 1. The Morgan fingerprint density at radius 3 is 2.85 bits per heavy atom. The molecule has 3 rings (SSSR count). The fraction of sp³-hybridized carbons (Fsp3) is 0.438. The van der Waals surface area contributed by atoms with Crippen LogP contribution in [0.25, 0.3) is 10.9 Å². The number of ether oxygens (including phenoxy) is 1. The lowest BCUT2D eigenvalue weighted by molar-refractivity contribution is 0.419. The van der Waals surface area contributed by atoms with Gasteiger partial charge in [0.25, 0.3) is 0 Å². The molecule has 2 aromatic rings. The quantitative estimate of drug-likeness (QED) is 0.906. The van der Waals surface area contributed by atoms with Gasteiger partial charge < -0.3 is 10.1 Å². The van der Waals surface area contributed by atoms with Crippen molar-refractivity contribution in [1.82, 2.24) is 4.98 Å². The first-order valence-electron chi connectivity index (χ1n) is 6.91. The normalized spacial score (nSPS) is 16.1. The maximum absolute atomic E-state index is 5.42. The zero-order valence-electron chi connectivity index (χ0n) is 12.2. The average molecular weight is 288 g/mol. The minimum absolute atomic E-state index is 0.447. The average Bonchev–Trinajstić information content (AvgIpc) is 3.24. The van der Waals surface area contributed by atoms with Gasteiger partial charge in [-0.25, -0.2) is 4.98 Å². The first-order chi connectivity index (χ1) is 9.67. The van der Waals surface area contributed by atoms with Crippen LogP contribution in [-0.2, 0) is 0 Å². The number of thioether (sulfide) groups is 1. The number of fused-ring (bicyclic) bond motifs is 1. The van der Waals surface area contributed by atoms with Crippen LogP contribution in [0.3, 0.4) is 0 Å². The number of aromatic nitrogens is 1. The molecule has 0 saturated heterocycles. The molecule has 20 heavy (non-hydrogen) atoms. The maximum Gasteiger partial charge on any atom is 0.145 e. The van der Waals surface area contributed by atoms with Crippen molar-refractivity contribution >= 4 is 28.4 Å². The lowest BCUT2D eigenvalue weighted by Crippen LogP contribution is -2.17. The minimum atomic E-state index is 0.447. The van der Waals surface area contributed by atoms with E-state index in [1.807, 2.05) is 30.8 Å². The van der Waals surface area contributed by atoms with Crippen LogP contribution in [0.2, 0.25) is 0 Å². The van der Waals surface area contributed by atoms with E-state index in [1.54, 1.807) is 7.11 Å². The van der Waals surface area contributed by atoms with Gasteiger partial charge in [-0.2, -0.15) is 11.8 Å². The number of hydrogen-bond donors (Lipinski definition) is 1. The van der Waals surface area contributed by atoms with Gasteiger partial charge in [-0.1, -0.05) is 12.1 Å². The zero-order chi connectivity index (χ0) is 14.2. The molecule has 1 N–H and O–H groups in total. The highest BCUT2D eigenvalue weighted by atomic mass is 32.2. The molecule has 4 heteroatoms. The van der Waals surface area contributed by atoms with Crippen LogP contribution in [-0.4, -0.2) is 29.6 Å². The second-order valence-corrected chi connectivity index (χ2v) is 6.68. The van der Waals surface area contributed by atoms with Gasteiger partial charge in [0.05, 0.1) is 7.11 Å². The Morgan fingerprint density at radius 2 is 2.20 bits per heavy atom.